The molecule has 0 aromatic carbocycles. The van der Waals surface area contributed by atoms with E-state index in [0.717, 1.165) is 13.0 Å². The summed E-state index contributed by atoms with van der Waals surface area (Å²) in [6.45, 7) is 9.24. The molecule has 0 radical (unpaired) electrons. The van der Waals surface area contributed by atoms with Gasteiger partial charge in [-0.2, -0.15) is 0 Å². The second-order valence-electron chi connectivity index (χ2n) is 6.80. The molecule has 1 saturated carbocycles. The first kappa shape index (κ1) is 15.4. The van der Waals surface area contributed by atoms with E-state index in [2.05, 4.69) is 37.2 Å². The maximum atomic E-state index is 4.70. The lowest BCUT2D eigenvalue weighted by Crippen LogP contribution is -2.63. The molecule has 21 heavy (non-hydrogen) atoms. The van der Waals surface area contributed by atoms with Crippen LogP contribution in [-0.4, -0.2) is 34.6 Å². The summed E-state index contributed by atoms with van der Waals surface area (Å²) in [5.41, 5.74) is 0.394. The van der Waals surface area contributed by atoms with Crippen molar-refractivity contribution in [2.45, 2.75) is 76.9 Å². The maximum absolute atomic E-state index is 4.70. The third-order valence-corrected chi connectivity index (χ3v) is 6.79. The summed E-state index contributed by atoms with van der Waals surface area (Å²) in [6, 6.07) is 1.11. The Morgan fingerprint density at radius 2 is 2.19 bits per heavy atom. The number of piperazine rings is 1. The Balaban J connectivity index is 1.78. The summed E-state index contributed by atoms with van der Waals surface area (Å²) in [6.07, 6.45) is 9.89. The molecule has 2 unspecified atom stereocenters. The van der Waals surface area contributed by atoms with Crippen molar-refractivity contribution in [3.05, 3.63) is 16.1 Å². The van der Waals surface area contributed by atoms with Gasteiger partial charge in [-0.3, -0.25) is 4.90 Å². The van der Waals surface area contributed by atoms with Gasteiger partial charge in [-0.1, -0.05) is 26.7 Å². The Kier molecular flexibility index (Phi) is 4.67. The van der Waals surface area contributed by atoms with Crippen LogP contribution in [0.25, 0.3) is 0 Å². The predicted molar refractivity (Wildman–Crippen MR) is 89.9 cm³/mol. The summed E-state index contributed by atoms with van der Waals surface area (Å²) in [5.74, 6) is 0. The van der Waals surface area contributed by atoms with Gasteiger partial charge in [0.1, 0.15) is 5.01 Å². The summed E-state index contributed by atoms with van der Waals surface area (Å²) < 4.78 is 0. The van der Waals surface area contributed by atoms with E-state index in [0.29, 0.717) is 17.6 Å². The molecule has 2 aliphatic rings. The number of aromatic nitrogens is 1. The van der Waals surface area contributed by atoms with E-state index in [1.807, 2.05) is 11.3 Å². The Morgan fingerprint density at radius 1 is 1.43 bits per heavy atom. The predicted octanol–water partition coefficient (Wildman–Crippen LogP) is 3.76. The van der Waals surface area contributed by atoms with Crippen LogP contribution in [0.2, 0.25) is 0 Å². The molecular formula is C17H29N3S. The fraction of sp³-hybridized carbons (Fsp3) is 0.824. The average Bonchev–Trinajstić information content (AvgIpc) is 3.16. The van der Waals surface area contributed by atoms with Gasteiger partial charge in [-0.15, -0.1) is 11.3 Å². The van der Waals surface area contributed by atoms with Gasteiger partial charge < -0.3 is 5.32 Å². The quantitative estimate of drug-likeness (QED) is 0.918. The van der Waals surface area contributed by atoms with Crippen molar-refractivity contribution in [3.8, 4) is 0 Å². The number of nitrogens with one attached hydrogen (secondary N) is 1. The first-order valence-corrected chi connectivity index (χ1v) is 9.44. The highest BCUT2D eigenvalue weighted by Crippen LogP contribution is 2.37. The van der Waals surface area contributed by atoms with Crippen molar-refractivity contribution in [1.82, 2.24) is 15.2 Å². The van der Waals surface area contributed by atoms with Crippen LogP contribution in [0.1, 0.15) is 68.8 Å². The Hall–Kier alpha value is -0.450. The van der Waals surface area contributed by atoms with Crippen LogP contribution in [0.3, 0.4) is 0 Å². The number of rotatable bonds is 4. The number of hydrogen-bond acceptors (Lipinski definition) is 4. The zero-order valence-corrected chi connectivity index (χ0v) is 14.5. The maximum Gasteiger partial charge on any atom is 0.110 e. The van der Waals surface area contributed by atoms with E-state index in [9.17, 15) is 0 Å². The monoisotopic (exact) mass is 307 g/mol. The molecule has 1 saturated heterocycles. The summed E-state index contributed by atoms with van der Waals surface area (Å²) in [5, 5.41) is 5.20. The summed E-state index contributed by atoms with van der Waals surface area (Å²) in [7, 11) is 0. The third kappa shape index (κ3) is 3.03. The molecule has 1 aliphatic carbocycles. The van der Waals surface area contributed by atoms with Crippen molar-refractivity contribution in [3.63, 3.8) is 0 Å². The first-order chi connectivity index (χ1) is 10.2. The molecule has 1 aliphatic heterocycles. The molecule has 1 spiro atoms. The lowest BCUT2D eigenvalue weighted by Gasteiger charge is -2.48. The molecule has 4 heteroatoms. The highest BCUT2D eigenvalue weighted by atomic mass is 32.1. The second-order valence-corrected chi connectivity index (χ2v) is 7.94. The fourth-order valence-corrected chi connectivity index (χ4v) is 4.96. The smallest absolute Gasteiger partial charge is 0.110 e. The molecule has 118 valence electrons. The van der Waals surface area contributed by atoms with Crippen LogP contribution < -0.4 is 5.32 Å². The third-order valence-electron chi connectivity index (χ3n) is 5.47. The van der Waals surface area contributed by atoms with E-state index in [-0.39, 0.29) is 0 Å². The van der Waals surface area contributed by atoms with Gasteiger partial charge in [0.05, 0.1) is 6.04 Å². The number of thiazole rings is 1. The van der Waals surface area contributed by atoms with Gasteiger partial charge in [-0.25, -0.2) is 4.98 Å². The van der Waals surface area contributed by atoms with Crippen LogP contribution >= 0.6 is 11.3 Å². The number of aryl methyl sites for hydroxylation is 1. The fourth-order valence-electron chi connectivity index (χ4n) is 4.03. The molecule has 1 N–H and O–H groups in total. The lowest BCUT2D eigenvalue weighted by molar-refractivity contribution is 0.0461. The molecule has 3 rings (SSSR count). The summed E-state index contributed by atoms with van der Waals surface area (Å²) in [4.78, 5) is 8.85. The average molecular weight is 308 g/mol. The molecule has 0 bridgehead atoms. The van der Waals surface area contributed by atoms with E-state index in [1.165, 1.54) is 48.5 Å². The van der Waals surface area contributed by atoms with Crippen LogP contribution in [0.5, 0.6) is 0 Å². The molecule has 1 aromatic rings. The van der Waals surface area contributed by atoms with E-state index in [4.69, 9.17) is 4.98 Å². The van der Waals surface area contributed by atoms with Gasteiger partial charge in [0, 0.05) is 35.7 Å². The minimum atomic E-state index is 0.394. The highest BCUT2D eigenvalue weighted by Gasteiger charge is 2.42. The van der Waals surface area contributed by atoms with E-state index >= 15 is 0 Å². The molecule has 2 heterocycles. The Morgan fingerprint density at radius 3 is 2.81 bits per heavy atom. The molecule has 2 atom stereocenters. The SMILES string of the molecule is CCc1cnc(C(C)N2CC3(CCCC3)NCC2CC)s1. The standard InChI is InChI=1S/C17H29N3S/c1-4-14-10-19-17(8-6-7-9-17)12-20(14)13(3)16-18-11-15(5-2)21-16/h11,13-14,19H,4-10,12H2,1-3H3. The van der Waals surface area contributed by atoms with Crippen molar-refractivity contribution >= 4 is 11.3 Å². The van der Waals surface area contributed by atoms with Crippen LogP contribution in [-0.2, 0) is 6.42 Å². The van der Waals surface area contributed by atoms with Gasteiger partial charge in [0.2, 0.25) is 0 Å². The largest absolute Gasteiger partial charge is 0.308 e. The lowest BCUT2D eigenvalue weighted by atomic mass is 9.90. The van der Waals surface area contributed by atoms with Gasteiger partial charge in [-0.05, 0) is 32.6 Å². The van der Waals surface area contributed by atoms with Crippen molar-refractivity contribution < 1.29 is 0 Å². The van der Waals surface area contributed by atoms with Crippen molar-refractivity contribution in [2.75, 3.05) is 13.1 Å². The van der Waals surface area contributed by atoms with Crippen molar-refractivity contribution in [1.29, 1.82) is 0 Å². The zero-order chi connectivity index (χ0) is 14.9. The highest BCUT2D eigenvalue weighted by molar-refractivity contribution is 7.11. The topological polar surface area (TPSA) is 28.2 Å². The number of hydrogen-bond donors (Lipinski definition) is 1. The molecule has 1 aromatic heterocycles. The van der Waals surface area contributed by atoms with Gasteiger partial charge >= 0.3 is 0 Å². The molecule has 3 nitrogen and oxygen atoms in total. The minimum Gasteiger partial charge on any atom is -0.308 e. The minimum absolute atomic E-state index is 0.394. The van der Waals surface area contributed by atoms with Crippen LogP contribution in [0.15, 0.2) is 6.20 Å². The van der Waals surface area contributed by atoms with E-state index < -0.39 is 0 Å². The molecule has 0 amide bonds. The Bertz CT molecular complexity index is 464. The molecular weight excluding hydrogens is 278 g/mol. The van der Waals surface area contributed by atoms with Crippen LogP contribution in [0.4, 0.5) is 0 Å². The summed E-state index contributed by atoms with van der Waals surface area (Å²) >= 11 is 1.90. The molecule has 2 fully saturated rings. The van der Waals surface area contributed by atoms with E-state index in [1.54, 1.807) is 0 Å². The Labute approximate surface area is 133 Å². The van der Waals surface area contributed by atoms with Crippen LogP contribution in [0, 0.1) is 0 Å². The normalized spacial score (nSPS) is 27.3. The second kappa shape index (κ2) is 6.35. The number of nitrogens with zero attached hydrogens (tertiary/aromatic N) is 2. The zero-order valence-electron chi connectivity index (χ0n) is 13.7. The van der Waals surface area contributed by atoms with Crippen molar-refractivity contribution in [2.24, 2.45) is 0 Å². The first-order valence-electron chi connectivity index (χ1n) is 8.63. The van der Waals surface area contributed by atoms with Gasteiger partial charge in [0.15, 0.2) is 0 Å². The van der Waals surface area contributed by atoms with Gasteiger partial charge in [0.25, 0.3) is 0 Å².